The molecule has 3 aromatic rings. The Morgan fingerprint density at radius 2 is 2.00 bits per heavy atom. The summed E-state index contributed by atoms with van der Waals surface area (Å²) in [6.07, 6.45) is -0.819. The maximum absolute atomic E-state index is 13.7. The van der Waals surface area contributed by atoms with Gasteiger partial charge < -0.3 is 16.0 Å². The number of halogens is 3. The van der Waals surface area contributed by atoms with Gasteiger partial charge in [-0.1, -0.05) is 0 Å². The molecule has 1 aliphatic rings. The van der Waals surface area contributed by atoms with Gasteiger partial charge in [0, 0.05) is 19.6 Å². The lowest BCUT2D eigenvalue weighted by Crippen LogP contribution is -2.28. The molecule has 0 saturated carbocycles. The Hall–Kier alpha value is -2.95. The molecule has 0 spiro atoms. The predicted octanol–water partition coefficient (Wildman–Crippen LogP) is 4.08. The minimum absolute atomic E-state index is 0.0693. The summed E-state index contributed by atoms with van der Waals surface area (Å²) in [5, 5.41) is 2.54. The quantitative estimate of drug-likeness (QED) is 0.638. The molecule has 11 heteroatoms. The molecular weight excluding hydrogens is 415 g/mol. The lowest BCUT2D eigenvalue weighted by Gasteiger charge is -2.23. The van der Waals surface area contributed by atoms with Gasteiger partial charge in [0.05, 0.1) is 29.3 Å². The van der Waals surface area contributed by atoms with Gasteiger partial charge in [-0.05, 0) is 43.4 Å². The summed E-state index contributed by atoms with van der Waals surface area (Å²) in [4.78, 5) is 14.8. The number of nitrogens with one attached hydrogen (secondary N) is 1. The highest BCUT2D eigenvalue weighted by Crippen LogP contribution is 2.44. The van der Waals surface area contributed by atoms with Gasteiger partial charge in [0.15, 0.2) is 5.82 Å². The van der Waals surface area contributed by atoms with Crippen LogP contribution in [-0.4, -0.2) is 39.0 Å². The molecule has 7 nitrogen and oxygen atoms in total. The van der Waals surface area contributed by atoms with Crippen LogP contribution in [0.4, 0.5) is 30.4 Å². The number of rotatable bonds is 4. The number of fused-ring (bicyclic) bond motifs is 1. The zero-order valence-electron chi connectivity index (χ0n) is 16.6. The molecule has 158 valence electrons. The van der Waals surface area contributed by atoms with Gasteiger partial charge in [-0.2, -0.15) is 17.5 Å². The molecule has 0 aliphatic carbocycles. The van der Waals surface area contributed by atoms with Crippen LogP contribution in [-0.2, 0) is 12.6 Å². The van der Waals surface area contributed by atoms with Crippen molar-refractivity contribution in [3.63, 3.8) is 0 Å². The fourth-order valence-electron chi connectivity index (χ4n) is 3.62. The number of nitrogen functional groups attached to an aromatic ring is 1. The second-order valence-electron chi connectivity index (χ2n) is 7.22. The van der Waals surface area contributed by atoms with Crippen LogP contribution in [0.3, 0.4) is 0 Å². The number of nitrogens with zero attached hydrogens (tertiary/aromatic N) is 5. The molecule has 4 rings (SSSR count). The highest BCUT2D eigenvalue weighted by molar-refractivity contribution is 7.09. The average Bonchev–Trinajstić information content (AvgIpc) is 3.33. The molecule has 0 fully saturated rings. The van der Waals surface area contributed by atoms with E-state index in [0.717, 1.165) is 35.7 Å². The molecule has 4 heterocycles. The van der Waals surface area contributed by atoms with Crippen molar-refractivity contribution in [3.8, 4) is 22.1 Å². The Bertz CT molecular complexity index is 1090. The smallest absolute Gasteiger partial charge is 0.397 e. The standard InChI is InChI=1S/C19H20F3N7S/c1-9(2)29-5-4-10-6-12(25-8-13(10)29)16-27-18(30-28-16)14-11(23)7-26-17(24-3)15(14)19(20,21)22/h6-9H,4-5,23H2,1-3H3,(H,24,26). The first-order valence-corrected chi connectivity index (χ1v) is 10.1. The Morgan fingerprint density at radius 1 is 1.23 bits per heavy atom. The fraction of sp³-hybridized carbons (Fsp3) is 0.368. The van der Waals surface area contributed by atoms with Crippen LogP contribution in [0, 0.1) is 0 Å². The molecule has 30 heavy (non-hydrogen) atoms. The maximum Gasteiger partial charge on any atom is 0.420 e. The van der Waals surface area contributed by atoms with Gasteiger partial charge in [-0.15, -0.1) is 0 Å². The van der Waals surface area contributed by atoms with Crippen molar-refractivity contribution in [1.29, 1.82) is 0 Å². The molecule has 3 aromatic heterocycles. The first-order chi connectivity index (χ1) is 14.2. The van der Waals surface area contributed by atoms with Gasteiger partial charge in [-0.3, -0.25) is 4.98 Å². The van der Waals surface area contributed by atoms with Gasteiger partial charge >= 0.3 is 6.18 Å². The molecule has 3 N–H and O–H groups in total. The topological polar surface area (TPSA) is 92.8 Å². The van der Waals surface area contributed by atoms with Crippen molar-refractivity contribution >= 4 is 28.7 Å². The Morgan fingerprint density at radius 3 is 2.67 bits per heavy atom. The number of aromatic nitrogens is 4. The van der Waals surface area contributed by atoms with Crippen molar-refractivity contribution in [2.75, 3.05) is 29.5 Å². The number of hydrogen-bond acceptors (Lipinski definition) is 8. The van der Waals surface area contributed by atoms with E-state index in [4.69, 9.17) is 5.73 Å². The lowest BCUT2D eigenvalue weighted by atomic mass is 10.1. The van der Waals surface area contributed by atoms with Gasteiger partial charge in [0.2, 0.25) is 0 Å². The second-order valence-corrected chi connectivity index (χ2v) is 7.97. The third-order valence-corrected chi connectivity index (χ3v) is 5.75. The SMILES string of the molecule is CNc1ncc(N)c(-c2nc(-c3cc4c(cn3)N(C(C)C)CC4)ns2)c1C(F)(F)F. The summed E-state index contributed by atoms with van der Waals surface area (Å²) in [7, 11) is 1.37. The van der Waals surface area contributed by atoms with E-state index in [0.29, 0.717) is 11.7 Å². The maximum atomic E-state index is 13.7. The van der Waals surface area contributed by atoms with E-state index in [9.17, 15) is 13.2 Å². The monoisotopic (exact) mass is 435 g/mol. The zero-order chi connectivity index (χ0) is 21.6. The number of pyridine rings is 2. The van der Waals surface area contributed by atoms with Crippen molar-refractivity contribution in [1.82, 2.24) is 19.3 Å². The largest absolute Gasteiger partial charge is 0.420 e. The first kappa shape index (κ1) is 20.3. The van der Waals surface area contributed by atoms with Gasteiger partial charge in [0.25, 0.3) is 0 Å². The van der Waals surface area contributed by atoms with E-state index in [1.54, 1.807) is 6.20 Å². The summed E-state index contributed by atoms with van der Waals surface area (Å²) < 4.78 is 45.5. The Balaban J connectivity index is 1.77. The lowest BCUT2D eigenvalue weighted by molar-refractivity contribution is -0.136. The second kappa shape index (κ2) is 7.38. The van der Waals surface area contributed by atoms with E-state index >= 15 is 0 Å². The fourth-order valence-corrected chi connectivity index (χ4v) is 4.37. The predicted molar refractivity (Wildman–Crippen MR) is 112 cm³/mol. The van der Waals surface area contributed by atoms with Crippen LogP contribution in [0.15, 0.2) is 18.5 Å². The minimum Gasteiger partial charge on any atom is -0.397 e. The number of alkyl halides is 3. The van der Waals surface area contributed by atoms with Crippen LogP contribution in [0.2, 0.25) is 0 Å². The van der Waals surface area contributed by atoms with E-state index in [-0.39, 0.29) is 27.9 Å². The number of nitrogens with two attached hydrogens (primary N) is 1. The van der Waals surface area contributed by atoms with Crippen molar-refractivity contribution in [3.05, 3.63) is 29.6 Å². The van der Waals surface area contributed by atoms with Crippen molar-refractivity contribution < 1.29 is 13.2 Å². The third-order valence-electron chi connectivity index (χ3n) is 5.02. The normalized spacial score (nSPS) is 13.8. The van der Waals surface area contributed by atoms with Crippen LogP contribution in [0.1, 0.15) is 25.0 Å². The Kier molecular flexibility index (Phi) is 5.00. The van der Waals surface area contributed by atoms with Gasteiger partial charge in [-0.25, -0.2) is 9.97 Å². The third kappa shape index (κ3) is 3.42. The molecule has 0 atom stereocenters. The van der Waals surface area contributed by atoms with Crippen LogP contribution in [0.5, 0.6) is 0 Å². The van der Waals surface area contributed by atoms with E-state index in [2.05, 4.69) is 43.4 Å². The molecule has 0 saturated heterocycles. The van der Waals surface area contributed by atoms with Crippen LogP contribution < -0.4 is 16.0 Å². The summed E-state index contributed by atoms with van der Waals surface area (Å²) in [5.41, 5.74) is 7.29. The zero-order valence-corrected chi connectivity index (χ0v) is 17.4. The number of hydrogen-bond donors (Lipinski definition) is 2. The van der Waals surface area contributed by atoms with E-state index < -0.39 is 11.7 Å². The summed E-state index contributed by atoms with van der Waals surface area (Å²) in [6, 6.07) is 2.27. The molecule has 0 amide bonds. The summed E-state index contributed by atoms with van der Waals surface area (Å²) >= 11 is 0.853. The van der Waals surface area contributed by atoms with Crippen LogP contribution in [0.25, 0.3) is 22.1 Å². The molecule has 0 unspecified atom stereocenters. The van der Waals surface area contributed by atoms with Crippen molar-refractivity contribution in [2.24, 2.45) is 0 Å². The van der Waals surface area contributed by atoms with E-state index in [1.165, 1.54) is 13.2 Å². The van der Waals surface area contributed by atoms with Gasteiger partial charge in [0.1, 0.15) is 22.1 Å². The first-order valence-electron chi connectivity index (χ1n) is 9.34. The summed E-state index contributed by atoms with van der Waals surface area (Å²) in [6.45, 7) is 5.14. The molecular formula is C19H20F3N7S. The number of anilines is 3. The summed E-state index contributed by atoms with van der Waals surface area (Å²) in [5.74, 6) is -0.0379. The molecule has 0 aromatic carbocycles. The highest BCUT2D eigenvalue weighted by Gasteiger charge is 2.39. The minimum atomic E-state index is -4.66. The highest BCUT2D eigenvalue weighted by atomic mass is 32.1. The molecule has 0 bridgehead atoms. The van der Waals surface area contributed by atoms with Crippen LogP contribution >= 0.6 is 11.5 Å². The average molecular weight is 435 g/mol. The molecule has 1 aliphatic heterocycles. The molecule has 0 radical (unpaired) electrons. The Labute approximate surface area is 175 Å². The van der Waals surface area contributed by atoms with Crippen molar-refractivity contribution in [2.45, 2.75) is 32.5 Å². The van der Waals surface area contributed by atoms with E-state index in [1.807, 2.05) is 6.07 Å².